The molecule has 0 fully saturated rings. The van der Waals surface area contributed by atoms with Crippen LogP contribution < -0.4 is 15.8 Å². The van der Waals surface area contributed by atoms with E-state index in [1.54, 1.807) is 6.07 Å². The van der Waals surface area contributed by atoms with Gasteiger partial charge in [0.2, 0.25) is 10.0 Å². The van der Waals surface area contributed by atoms with Gasteiger partial charge in [0.25, 0.3) is 0 Å². The van der Waals surface area contributed by atoms with Crippen molar-refractivity contribution in [3.8, 4) is 0 Å². The third kappa shape index (κ3) is 6.75. The van der Waals surface area contributed by atoms with Gasteiger partial charge in [0.05, 0.1) is 13.1 Å². The molecular formula is C15H21IN4O2S2. The molecule has 0 saturated heterocycles. The summed E-state index contributed by atoms with van der Waals surface area (Å²) in [6.07, 6.45) is 0. The van der Waals surface area contributed by atoms with Gasteiger partial charge in [0.15, 0.2) is 5.96 Å². The lowest BCUT2D eigenvalue weighted by Gasteiger charge is -2.10. The Hall–Kier alpha value is -1.17. The van der Waals surface area contributed by atoms with Crippen LogP contribution in [0.15, 0.2) is 51.7 Å². The highest BCUT2D eigenvalue weighted by Crippen LogP contribution is 2.19. The van der Waals surface area contributed by atoms with Crippen LogP contribution in [-0.4, -0.2) is 20.9 Å². The number of rotatable bonds is 6. The highest BCUT2D eigenvalue weighted by molar-refractivity contribution is 14.0. The number of hydrogen-bond donors (Lipinski definition) is 3. The maximum Gasteiger partial charge on any atom is 0.247 e. The van der Waals surface area contributed by atoms with Crippen LogP contribution >= 0.6 is 35.3 Å². The number of guanidine groups is 1. The Kier molecular flexibility index (Phi) is 8.67. The summed E-state index contributed by atoms with van der Waals surface area (Å²) in [6.45, 7) is 3.79. The average molecular weight is 480 g/mol. The molecular weight excluding hydrogens is 459 g/mol. The Morgan fingerprint density at radius 2 is 1.88 bits per heavy atom. The molecule has 6 nitrogen and oxygen atoms in total. The van der Waals surface area contributed by atoms with Crippen molar-refractivity contribution in [2.75, 3.05) is 6.54 Å². The molecule has 9 heteroatoms. The predicted octanol–water partition coefficient (Wildman–Crippen LogP) is 2.27. The first kappa shape index (κ1) is 20.9. The Bertz CT molecular complexity index is 761. The minimum absolute atomic E-state index is 0. The van der Waals surface area contributed by atoms with Crippen LogP contribution in [0.5, 0.6) is 0 Å². The summed E-state index contributed by atoms with van der Waals surface area (Å²) in [5.41, 5.74) is 1.12. The molecule has 0 aliphatic heterocycles. The normalized spacial score (nSPS) is 11.7. The zero-order valence-corrected chi connectivity index (χ0v) is 17.2. The van der Waals surface area contributed by atoms with Crippen molar-refractivity contribution < 1.29 is 8.42 Å². The fourth-order valence-electron chi connectivity index (χ4n) is 1.87. The molecule has 0 aliphatic rings. The standard InChI is InChI=1S/C15H20N4O2S2.HI/c1-2-17-15(18-10-12-6-4-3-5-7-12)19-11-13-8-9-14(22-13)23(16,20)21;/h3-9H,2,10-11H2,1H3,(H2,16,20,21)(H2,17,18,19);1H. The van der Waals surface area contributed by atoms with Crippen LogP contribution in [0.25, 0.3) is 0 Å². The van der Waals surface area contributed by atoms with Gasteiger partial charge in [-0.05, 0) is 24.6 Å². The number of nitrogens with zero attached hydrogens (tertiary/aromatic N) is 1. The zero-order valence-electron chi connectivity index (χ0n) is 13.2. The van der Waals surface area contributed by atoms with E-state index < -0.39 is 10.0 Å². The molecule has 2 aromatic rings. The number of nitrogens with one attached hydrogen (secondary N) is 2. The molecule has 132 valence electrons. The summed E-state index contributed by atoms with van der Waals surface area (Å²) in [7, 11) is -3.63. The summed E-state index contributed by atoms with van der Waals surface area (Å²) in [6, 6.07) is 13.2. The van der Waals surface area contributed by atoms with E-state index in [1.807, 2.05) is 37.3 Å². The smallest absolute Gasteiger partial charge is 0.247 e. The first-order valence-corrected chi connectivity index (χ1v) is 9.53. The van der Waals surface area contributed by atoms with Crippen LogP contribution in [0.2, 0.25) is 0 Å². The van der Waals surface area contributed by atoms with Gasteiger partial charge in [-0.1, -0.05) is 30.3 Å². The lowest BCUT2D eigenvalue weighted by molar-refractivity contribution is 0.600. The lowest BCUT2D eigenvalue weighted by Crippen LogP contribution is -2.36. The van der Waals surface area contributed by atoms with Gasteiger partial charge in [-0.3, -0.25) is 0 Å². The minimum Gasteiger partial charge on any atom is -0.357 e. The van der Waals surface area contributed by atoms with Crippen molar-refractivity contribution >= 4 is 51.3 Å². The first-order chi connectivity index (χ1) is 11.0. The molecule has 0 radical (unpaired) electrons. The molecule has 0 saturated carbocycles. The first-order valence-electron chi connectivity index (χ1n) is 7.16. The average Bonchev–Trinajstić information content (AvgIpc) is 3.00. The van der Waals surface area contributed by atoms with Gasteiger partial charge in [-0.25, -0.2) is 18.5 Å². The van der Waals surface area contributed by atoms with Crippen molar-refractivity contribution in [1.82, 2.24) is 10.6 Å². The Labute approximate surface area is 163 Å². The van der Waals surface area contributed by atoms with Crippen LogP contribution in [-0.2, 0) is 23.1 Å². The summed E-state index contributed by atoms with van der Waals surface area (Å²) < 4.78 is 22.7. The van der Waals surface area contributed by atoms with E-state index >= 15 is 0 Å². The molecule has 1 aromatic heterocycles. The van der Waals surface area contributed by atoms with Crippen molar-refractivity contribution in [2.24, 2.45) is 10.1 Å². The number of aliphatic imine (C=N–C) groups is 1. The van der Waals surface area contributed by atoms with Crippen molar-refractivity contribution in [1.29, 1.82) is 0 Å². The molecule has 24 heavy (non-hydrogen) atoms. The molecule has 0 spiro atoms. The summed E-state index contributed by atoms with van der Waals surface area (Å²) in [5, 5.41) is 11.5. The Morgan fingerprint density at radius 1 is 1.17 bits per heavy atom. The largest absolute Gasteiger partial charge is 0.357 e. The summed E-state index contributed by atoms with van der Waals surface area (Å²) in [5.74, 6) is 0.682. The zero-order chi connectivity index (χ0) is 16.7. The van der Waals surface area contributed by atoms with E-state index in [0.717, 1.165) is 28.3 Å². The number of thiophene rings is 1. The SMILES string of the molecule is CCNC(=NCc1ccccc1)NCc1ccc(S(N)(=O)=O)s1.I. The molecule has 0 bridgehead atoms. The number of hydrogen-bond acceptors (Lipinski definition) is 4. The van der Waals surface area contributed by atoms with E-state index in [-0.39, 0.29) is 28.2 Å². The highest BCUT2D eigenvalue weighted by atomic mass is 127. The van der Waals surface area contributed by atoms with E-state index in [0.29, 0.717) is 19.0 Å². The minimum atomic E-state index is -3.63. The van der Waals surface area contributed by atoms with E-state index in [4.69, 9.17) is 5.14 Å². The van der Waals surface area contributed by atoms with Gasteiger partial charge < -0.3 is 10.6 Å². The third-order valence-corrected chi connectivity index (χ3v) is 5.48. The van der Waals surface area contributed by atoms with Crippen LogP contribution in [0, 0.1) is 0 Å². The van der Waals surface area contributed by atoms with Crippen molar-refractivity contribution in [2.45, 2.75) is 24.2 Å². The molecule has 0 amide bonds. The topological polar surface area (TPSA) is 96.6 Å². The van der Waals surface area contributed by atoms with Gasteiger partial charge in [0, 0.05) is 11.4 Å². The lowest BCUT2D eigenvalue weighted by atomic mass is 10.2. The number of benzene rings is 1. The number of sulfonamides is 1. The fraction of sp³-hybridized carbons (Fsp3) is 0.267. The quantitative estimate of drug-likeness (QED) is 0.336. The van der Waals surface area contributed by atoms with Gasteiger partial charge >= 0.3 is 0 Å². The number of primary sulfonamides is 1. The van der Waals surface area contributed by atoms with Crippen LogP contribution in [0.4, 0.5) is 0 Å². The van der Waals surface area contributed by atoms with Crippen LogP contribution in [0.1, 0.15) is 17.4 Å². The molecule has 2 rings (SSSR count). The Morgan fingerprint density at radius 3 is 2.46 bits per heavy atom. The molecule has 0 atom stereocenters. The summed E-state index contributed by atoms with van der Waals surface area (Å²) in [4.78, 5) is 5.38. The molecule has 0 aliphatic carbocycles. The monoisotopic (exact) mass is 480 g/mol. The maximum absolute atomic E-state index is 11.3. The van der Waals surface area contributed by atoms with Crippen LogP contribution in [0.3, 0.4) is 0 Å². The highest BCUT2D eigenvalue weighted by Gasteiger charge is 2.11. The second-order valence-electron chi connectivity index (χ2n) is 4.80. The predicted molar refractivity (Wildman–Crippen MR) is 109 cm³/mol. The van der Waals surface area contributed by atoms with Crippen molar-refractivity contribution in [3.05, 3.63) is 52.9 Å². The van der Waals surface area contributed by atoms with E-state index in [9.17, 15) is 8.42 Å². The second kappa shape index (κ2) is 9.97. The summed E-state index contributed by atoms with van der Waals surface area (Å²) >= 11 is 1.16. The van der Waals surface area contributed by atoms with Gasteiger partial charge in [-0.15, -0.1) is 35.3 Å². The number of nitrogens with two attached hydrogens (primary N) is 1. The molecule has 0 unspecified atom stereocenters. The van der Waals surface area contributed by atoms with Crippen molar-refractivity contribution in [3.63, 3.8) is 0 Å². The van der Waals surface area contributed by atoms with Gasteiger partial charge in [-0.2, -0.15) is 0 Å². The maximum atomic E-state index is 11.3. The number of halogens is 1. The van der Waals surface area contributed by atoms with Gasteiger partial charge in [0.1, 0.15) is 4.21 Å². The molecule has 1 heterocycles. The van der Waals surface area contributed by atoms with E-state index in [1.165, 1.54) is 6.07 Å². The second-order valence-corrected chi connectivity index (χ2v) is 7.76. The van der Waals surface area contributed by atoms with E-state index in [2.05, 4.69) is 15.6 Å². The molecule has 4 N–H and O–H groups in total. The molecule has 1 aromatic carbocycles. The fourth-order valence-corrected chi connectivity index (χ4v) is 3.59. The Balaban J connectivity index is 0.00000288. The third-order valence-electron chi connectivity index (χ3n) is 2.95.